The minimum atomic E-state index is 0.866. The average Bonchev–Trinajstić information content (AvgIpc) is 2.28. The Labute approximate surface area is 93.5 Å². The molecule has 15 heavy (non-hydrogen) atoms. The average molecular weight is 205 g/mol. The maximum absolute atomic E-state index is 2.78. The Morgan fingerprint density at radius 2 is 1.93 bits per heavy atom. The van der Waals surface area contributed by atoms with Crippen molar-refractivity contribution in [1.82, 2.24) is 4.90 Å². The largest absolute Gasteiger partial charge is 0.296 e. The van der Waals surface area contributed by atoms with Gasteiger partial charge in [0, 0.05) is 19.1 Å². The van der Waals surface area contributed by atoms with E-state index in [9.17, 15) is 0 Å². The summed E-state index contributed by atoms with van der Waals surface area (Å²) in [4.78, 5) is 2.78. The predicted molar refractivity (Wildman–Crippen MR) is 63.9 cm³/mol. The number of hydrogen-bond acceptors (Lipinski definition) is 1. The standard InChI is InChI=1S/C14H23N/c1-11-6-7-14-13-5-3-2-4-12(13)8-9-15(14)10-11/h11,14H,2-10H2,1H3. The molecule has 0 radical (unpaired) electrons. The van der Waals surface area contributed by atoms with E-state index in [1.165, 1.54) is 58.0 Å². The van der Waals surface area contributed by atoms with Gasteiger partial charge in [-0.2, -0.15) is 0 Å². The highest BCUT2D eigenvalue weighted by atomic mass is 15.2. The van der Waals surface area contributed by atoms with E-state index in [0.29, 0.717) is 0 Å². The van der Waals surface area contributed by atoms with Gasteiger partial charge in [0.05, 0.1) is 0 Å². The molecule has 2 unspecified atom stereocenters. The van der Waals surface area contributed by atoms with Crippen LogP contribution in [0, 0.1) is 5.92 Å². The third kappa shape index (κ3) is 1.75. The van der Waals surface area contributed by atoms with Gasteiger partial charge in [-0.15, -0.1) is 0 Å². The number of hydrogen-bond donors (Lipinski definition) is 0. The molecule has 2 atom stereocenters. The quantitative estimate of drug-likeness (QED) is 0.548. The highest BCUT2D eigenvalue weighted by Gasteiger charge is 2.33. The fourth-order valence-corrected chi connectivity index (χ4v) is 3.84. The molecule has 0 aromatic rings. The molecule has 0 bridgehead atoms. The molecule has 0 aromatic heterocycles. The van der Waals surface area contributed by atoms with Gasteiger partial charge < -0.3 is 0 Å². The van der Waals surface area contributed by atoms with Crippen molar-refractivity contribution >= 4 is 0 Å². The molecule has 0 aromatic carbocycles. The molecule has 1 nitrogen and oxygen atoms in total. The minimum Gasteiger partial charge on any atom is -0.296 e. The molecule has 2 aliphatic heterocycles. The van der Waals surface area contributed by atoms with Gasteiger partial charge in [-0.1, -0.05) is 18.1 Å². The molecule has 84 valence electrons. The van der Waals surface area contributed by atoms with Crippen molar-refractivity contribution in [1.29, 1.82) is 0 Å². The van der Waals surface area contributed by atoms with Crippen molar-refractivity contribution < 1.29 is 0 Å². The zero-order valence-electron chi connectivity index (χ0n) is 9.97. The molecule has 0 N–H and O–H groups in total. The molecule has 1 fully saturated rings. The van der Waals surface area contributed by atoms with E-state index in [0.717, 1.165) is 12.0 Å². The molecule has 0 amide bonds. The lowest BCUT2D eigenvalue weighted by Crippen LogP contribution is -2.47. The second kappa shape index (κ2) is 3.93. The van der Waals surface area contributed by atoms with Gasteiger partial charge in [0.2, 0.25) is 0 Å². The first-order valence-corrected chi connectivity index (χ1v) is 6.79. The van der Waals surface area contributed by atoms with Crippen molar-refractivity contribution in [3.8, 4) is 0 Å². The normalized spacial score (nSPS) is 37.4. The van der Waals surface area contributed by atoms with E-state index in [1.54, 1.807) is 0 Å². The molecule has 2 heterocycles. The highest BCUT2D eigenvalue weighted by Crippen LogP contribution is 2.39. The van der Waals surface area contributed by atoms with Gasteiger partial charge in [0.15, 0.2) is 0 Å². The van der Waals surface area contributed by atoms with Crippen molar-refractivity contribution in [3.05, 3.63) is 11.1 Å². The molecule has 1 saturated heterocycles. The monoisotopic (exact) mass is 205 g/mol. The first kappa shape index (κ1) is 9.89. The van der Waals surface area contributed by atoms with Gasteiger partial charge in [0.25, 0.3) is 0 Å². The smallest absolute Gasteiger partial charge is 0.0310 e. The maximum atomic E-state index is 2.78. The fraction of sp³-hybridized carbons (Fsp3) is 0.857. The van der Waals surface area contributed by atoms with E-state index >= 15 is 0 Å². The summed E-state index contributed by atoms with van der Waals surface area (Å²) in [5, 5.41) is 0. The topological polar surface area (TPSA) is 3.24 Å². The van der Waals surface area contributed by atoms with Crippen LogP contribution in [-0.4, -0.2) is 24.0 Å². The summed E-state index contributed by atoms with van der Waals surface area (Å²) < 4.78 is 0. The van der Waals surface area contributed by atoms with Gasteiger partial charge in [0.1, 0.15) is 0 Å². The van der Waals surface area contributed by atoms with E-state index in [4.69, 9.17) is 0 Å². The zero-order valence-corrected chi connectivity index (χ0v) is 9.97. The van der Waals surface area contributed by atoms with Crippen molar-refractivity contribution in [2.45, 2.75) is 57.9 Å². The van der Waals surface area contributed by atoms with Crippen LogP contribution in [-0.2, 0) is 0 Å². The van der Waals surface area contributed by atoms with Gasteiger partial charge >= 0.3 is 0 Å². The van der Waals surface area contributed by atoms with Crippen molar-refractivity contribution in [2.75, 3.05) is 13.1 Å². The number of rotatable bonds is 0. The number of nitrogens with zero attached hydrogens (tertiary/aromatic N) is 1. The van der Waals surface area contributed by atoms with Gasteiger partial charge in [-0.3, -0.25) is 4.90 Å². The number of piperidine rings is 1. The maximum Gasteiger partial charge on any atom is 0.0310 e. The molecule has 3 aliphatic rings. The van der Waals surface area contributed by atoms with E-state index in [2.05, 4.69) is 11.8 Å². The van der Waals surface area contributed by atoms with Crippen LogP contribution in [0.5, 0.6) is 0 Å². The Kier molecular flexibility index (Phi) is 2.59. The first-order valence-electron chi connectivity index (χ1n) is 6.79. The van der Waals surface area contributed by atoms with Crippen molar-refractivity contribution in [2.24, 2.45) is 5.92 Å². The van der Waals surface area contributed by atoms with Crippen LogP contribution in [0.2, 0.25) is 0 Å². The molecule has 3 rings (SSSR count). The summed E-state index contributed by atoms with van der Waals surface area (Å²) in [5.41, 5.74) is 3.73. The van der Waals surface area contributed by atoms with E-state index in [1.807, 2.05) is 11.1 Å². The summed E-state index contributed by atoms with van der Waals surface area (Å²) in [5.74, 6) is 0.937. The molecule has 0 spiro atoms. The third-order valence-corrected chi connectivity index (χ3v) is 4.65. The van der Waals surface area contributed by atoms with Crippen molar-refractivity contribution in [3.63, 3.8) is 0 Å². The van der Waals surface area contributed by atoms with Crippen LogP contribution in [0.3, 0.4) is 0 Å². The van der Waals surface area contributed by atoms with Crippen LogP contribution in [0.4, 0.5) is 0 Å². The van der Waals surface area contributed by atoms with Crippen LogP contribution in [0.25, 0.3) is 0 Å². The lowest BCUT2D eigenvalue weighted by atomic mass is 9.78. The zero-order chi connectivity index (χ0) is 10.3. The van der Waals surface area contributed by atoms with Gasteiger partial charge in [-0.05, 0) is 50.9 Å². The summed E-state index contributed by atoms with van der Waals surface area (Å²) in [6.45, 7) is 5.14. The summed E-state index contributed by atoms with van der Waals surface area (Å²) in [6, 6.07) is 0.866. The Hall–Kier alpha value is -0.300. The first-order chi connectivity index (χ1) is 7.34. The summed E-state index contributed by atoms with van der Waals surface area (Å²) in [6.07, 6.45) is 10.1. The molecular formula is C14H23N. The van der Waals surface area contributed by atoms with Gasteiger partial charge in [-0.25, -0.2) is 0 Å². The minimum absolute atomic E-state index is 0.866. The van der Waals surface area contributed by atoms with Crippen LogP contribution in [0.1, 0.15) is 51.9 Å². The van der Waals surface area contributed by atoms with Crippen LogP contribution >= 0.6 is 0 Å². The second-order valence-corrected chi connectivity index (χ2v) is 5.78. The second-order valence-electron chi connectivity index (χ2n) is 5.78. The Morgan fingerprint density at radius 3 is 2.87 bits per heavy atom. The summed E-state index contributed by atoms with van der Waals surface area (Å²) >= 11 is 0. The Bertz CT molecular complexity index is 279. The van der Waals surface area contributed by atoms with E-state index in [-0.39, 0.29) is 0 Å². The van der Waals surface area contributed by atoms with E-state index < -0.39 is 0 Å². The molecular weight excluding hydrogens is 182 g/mol. The SMILES string of the molecule is CC1CCC2C3=C(CCCC3)CCN2C1. The lowest BCUT2D eigenvalue weighted by molar-refractivity contribution is 0.120. The third-order valence-electron chi connectivity index (χ3n) is 4.65. The predicted octanol–water partition coefficient (Wildman–Crippen LogP) is 3.36. The molecule has 0 saturated carbocycles. The van der Waals surface area contributed by atoms with Crippen LogP contribution in [0.15, 0.2) is 11.1 Å². The fourth-order valence-electron chi connectivity index (χ4n) is 3.84. The molecule has 1 aliphatic carbocycles. The number of fused-ring (bicyclic) bond motifs is 2. The lowest BCUT2D eigenvalue weighted by Gasteiger charge is -2.45. The highest BCUT2D eigenvalue weighted by molar-refractivity contribution is 5.26. The van der Waals surface area contributed by atoms with Crippen LogP contribution < -0.4 is 0 Å². The Balaban J connectivity index is 1.83. The summed E-state index contributed by atoms with van der Waals surface area (Å²) in [7, 11) is 0. The Morgan fingerprint density at radius 1 is 1.07 bits per heavy atom. The molecule has 1 heteroatoms.